The van der Waals surface area contributed by atoms with Crippen LogP contribution in [0.4, 0.5) is 0 Å². The van der Waals surface area contributed by atoms with Crippen molar-refractivity contribution < 1.29 is 52.4 Å². The van der Waals surface area contributed by atoms with E-state index in [4.69, 9.17) is 4.74 Å². The summed E-state index contributed by atoms with van der Waals surface area (Å²) in [4.78, 5) is 11.4. The predicted molar refractivity (Wildman–Crippen MR) is 48.9 cm³/mol. The molecule has 16 heavy (non-hydrogen) atoms. The number of rotatable bonds is 2. The Balaban J connectivity index is 0.00000225. The van der Waals surface area contributed by atoms with Crippen LogP contribution in [-0.4, -0.2) is 25.5 Å². The van der Waals surface area contributed by atoms with Crippen molar-refractivity contribution in [3.8, 4) is 0 Å². The van der Waals surface area contributed by atoms with Crippen LogP contribution in [0.1, 0.15) is 31.3 Å². The first kappa shape index (κ1) is 15.8. The number of nitrogens with zero attached hydrogens (tertiary/aromatic N) is 1. The Labute approximate surface area is 117 Å². The number of esters is 1. The third-order valence-electron chi connectivity index (χ3n) is 1.26. The van der Waals surface area contributed by atoms with Gasteiger partial charge in [-0.15, -0.1) is 0 Å². The number of hydrogen-bond acceptors (Lipinski definition) is 6. The van der Waals surface area contributed by atoms with E-state index in [2.05, 4.69) is 9.68 Å². The summed E-state index contributed by atoms with van der Waals surface area (Å²) in [6, 6.07) is 1.01. The molecule has 0 amide bonds. The van der Waals surface area contributed by atoms with Gasteiger partial charge in [-0.2, -0.15) is 0 Å². The van der Waals surface area contributed by atoms with Crippen LogP contribution in [0.2, 0.25) is 0 Å². The Morgan fingerprint density at radius 3 is 2.50 bits per heavy atom. The van der Waals surface area contributed by atoms with Crippen LogP contribution in [0.3, 0.4) is 0 Å². The van der Waals surface area contributed by atoms with Crippen LogP contribution < -0.4 is 29.6 Å². The van der Waals surface area contributed by atoms with Gasteiger partial charge in [-0.25, -0.2) is 4.79 Å². The summed E-state index contributed by atoms with van der Waals surface area (Å²) in [6.45, 7) is 5.08. The molecule has 1 atom stereocenters. The smallest absolute Gasteiger partial charge is 0.766 e. The molecule has 0 saturated carbocycles. The first-order chi connectivity index (χ1) is 6.79. The zero-order valence-electron chi connectivity index (χ0n) is 9.47. The molecule has 0 aromatic carbocycles. The maximum Gasteiger partial charge on any atom is 1.00 e. The fourth-order valence-electron chi connectivity index (χ4n) is 0.764. The van der Waals surface area contributed by atoms with E-state index >= 15 is 0 Å². The minimum atomic E-state index is -2.53. The van der Waals surface area contributed by atoms with Crippen LogP contribution in [-0.2, 0) is 15.8 Å². The van der Waals surface area contributed by atoms with E-state index in [9.17, 15) is 13.6 Å². The molecule has 0 fully saturated rings. The van der Waals surface area contributed by atoms with Gasteiger partial charge in [0.15, 0.2) is 5.69 Å². The quantitative estimate of drug-likeness (QED) is 0.340. The van der Waals surface area contributed by atoms with Crippen LogP contribution >= 0.6 is 0 Å². The van der Waals surface area contributed by atoms with Gasteiger partial charge in [0.2, 0.25) is 5.09 Å². The average molecular weight is 255 g/mol. The van der Waals surface area contributed by atoms with Gasteiger partial charge in [0.1, 0.15) is 5.60 Å². The normalized spacial score (nSPS) is 12.8. The molecule has 0 radical (unpaired) electrons. The summed E-state index contributed by atoms with van der Waals surface area (Å²) in [7, 11) is 0. The summed E-state index contributed by atoms with van der Waals surface area (Å²) in [6.07, 6.45) is 0. The fourth-order valence-corrected chi connectivity index (χ4v) is 1.07. The first-order valence-corrected chi connectivity index (χ1v) is 5.16. The number of carbonyl (C=O) groups is 1. The fraction of sp³-hybridized carbons (Fsp3) is 0.500. The van der Waals surface area contributed by atoms with E-state index in [1.54, 1.807) is 20.8 Å². The van der Waals surface area contributed by atoms with E-state index in [-0.39, 0.29) is 35.3 Å². The van der Waals surface area contributed by atoms with E-state index in [1.165, 1.54) is 0 Å². The third kappa shape index (κ3) is 4.75. The van der Waals surface area contributed by atoms with E-state index in [0.29, 0.717) is 0 Å². The molecule has 0 spiro atoms. The van der Waals surface area contributed by atoms with E-state index < -0.39 is 27.7 Å². The summed E-state index contributed by atoms with van der Waals surface area (Å²) >= 11 is -2.53. The number of ether oxygens (including phenoxy) is 1. The van der Waals surface area contributed by atoms with Gasteiger partial charge in [0.25, 0.3) is 0 Å². The predicted octanol–water partition coefficient (Wildman–Crippen LogP) is -2.13. The monoisotopic (exact) mass is 255 g/mol. The van der Waals surface area contributed by atoms with Gasteiger partial charge in [0, 0.05) is 17.1 Å². The molecule has 1 rings (SSSR count). The van der Waals surface area contributed by atoms with Crippen molar-refractivity contribution in [3.63, 3.8) is 0 Å². The SMILES string of the molecule is CC(C)(C)OC(=O)c1cc(S(=O)[O-])on1.[Na+]. The van der Waals surface area contributed by atoms with Crippen molar-refractivity contribution in [1.82, 2.24) is 5.16 Å². The zero-order valence-corrected chi connectivity index (χ0v) is 12.3. The van der Waals surface area contributed by atoms with Crippen molar-refractivity contribution in [2.75, 3.05) is 0 Å². The Bertz CT molecular complexity index is 397. The molecule has 0 N–H and O–H groups in total. The van der Waals surface area contributed by atoms with Gasteiger partial charge in [-0.05, 0) is 20.8 Å². The summed E-state index contributed by atoms with van der Waals surface area (Å²) in [5.74, 6) is -0.719. The van der Waals surface area contributed by atoms with Gasteiger partial charge in [-0.1, -0.05) is 5.16 Å². The molecule has 0 aliphatic carbocycles. The maximum atomic E-state index is 11.4. The summed E-state index contributed by atoms with van der Waals surface area (Å²) in [5.41, 5.74) is -0.823. The molecule has 1 unspecified atom stereocenters. The first-order valence-electron chi connectivity index (χ1n) is 4.09. The second-order valence-electron chi connectivity index (χ2n) is 3.77. The van der Waals surface area contributed by atoms with Crippen LogP contribution in [0.15, 0.2) is 15.7 Å². The Morgan fingerprint density at radius 1 is 1.56 bits per heavy atom. The average Bonchev–Trinajstić information content (AvgIpc) is 2.47. The Kier molecular flexibility index (Phi) is 5.85. The van der Waals surface area contributed by atoms with E-state index in [0.717, 1.165) is 6.07 Å². The molecule has 0 bridgehead atoms. The van der Waals surface area contributed by atoms with Crippen LogP contribution in [0.25, 0.3) is 0 Å². The largest absolute Gasteiger partial charge is 1.00 e. The molecule has 1 aromatic rings. The van der Waals surface area contributed by atoms with Gasteiger partial charge in [-0.3, -0.25) is 4.21 Å². The van der Waals surface area contributed by atoms with Crippen molar-refractivity contribution >= 4 is 17.0 Å². The van der Waals surface area contributed by atoms with Crippen molar-refractivity contribution in [1.29, 1.82) is 0 Å². The van der Waals surface area contributed by atoms with Gasteiger partial charge >= 0.3 is 35.5 Å². The standard InChI is InChI=1S/C8H11NO5S.Na/c1-8(2,3)13-7(10)5-4-6(14-9-5)15(11)12;/h4H,1-3H3,(H,11,12);/q;+1/p-1. The molecular weight excluding hydrogens is 245 g/mol. The van der Waals surface area contributed by atoms with Crippen LogP contribution in [0, 0.1) is 0 Å². The maximum absolute atomic E-state index is 11.4. The van der Waals surface area contributed by atoms with Crippen LogP contribution in [0.5, 0.6) is 0 Å². The van der Waals surface area contributed by atoms with Crippen molar-refractivity contribution in [2.24, 2.45) is 0 Å². The van der Waals surface area contributed by atoms with E-state index in [1.807, 2.05) is 0 Å². The molecular formula is C8H10NNaO5S. The molecule has 0 aliphatic rings. The molecule has 0 saturated heterocycles. The second-order valence-corrected chi connectivity index (χ2v) is 4.64. The number of aromatic nitrogens is 1. The summed E-state index contributed by atoms with van der Waals surface area (Å²) < 4.78 is 30.2. The van der Waals surface area contributed by atoms with Gasteiger partial charge in [0.05, 0.1) is 0 Å². The minimum Gasteiger partial charge on any atom is -0.766 e. The minimum absolute atomic E-state index is 0. The van der Waals surface area contributed by atoms with Crippen molar-refractivity contribution in [2.45, 2.75) is 31.5 Å². The molecule has 8 heteroatoms. The van der Waals surface area contributed by atoms with Crippen molar-refractivity contribution in [3.05, 3.63) is 11.8 Å². The Morgan fingerprint density at radius 2 is 2.12 bits per heavy atom. The third-order valence-corrected chi connectivity index (χ3v) is 1.78. The molecule has 0 aliphatic heterocycles. The molecule has 1 heterocycles. The zero-order chi connectivity index (χ0) is 11.6. The second kappa shape index (κ2) is 5.92. The number of hydrogen-bond donors (Lipinski definition) is 0. The topological polar surface area (TPSA) is 92.5 Å². The van der Waals surface area contributed by atoms with Gasteiger partial charge < -0.3 is 13.8 Å². The Hall–Kier alpha value is -0.210. The number of carbonyl (C=O) groups excluding carboxylic acids is 1. The molecule has 6 nitrogen and oxygen atoms in total. The molecule has 84 valence electrons. The summed E-state index contributed by atoms with van der Waals surface area (Å²) in [5, 5.41) is 2.89. The molecule has 1 aromatic heterocycles.